The molecule has 0 saturated carbocycles. The maximum Gasteiger partial charge on any atom is 0.257 e. The number of imidazole rings is 1. The SMILES string of the molecule is CCSc1c(C(=O)N2CCN(C)CC2)c(-c2cccc3ccccc23)cn1Cc1cncn1Cc1ccc2c(c1)OCO2. The van der Waals surface area contributed by atoms with Gasteiger partial charge in [0.2, 0.25) is 6.79 Å². The monoisotopic (exact) mass is 593 g/mol. The molecule has 1 amide bonds. The van der Waals surface area contributed by atoms with Crippen LogP contribution in [0.25, 0.3) is 21.9 Å². The summed E-state index contributed by atoms with van der Waals surface area (Å²) in [6.07, 6.45) is 5.98. The van der Waals surface area contributed by atoms with E-state index < -0.39 is 0 Å². The first-order chi connectivity index (χ1) is 21.1. The summed E-state index contributed by atoms with van der Waals surface area (Å²) in [6.45, 7) is 6.88. The summed E-state index contributed by atoms with van der Waals surface area (Å²) in [4.78, 5) is 23.2. The van der Waals surface area contributed by atoms with E-state index >= 15 is 0 Å². The second-order valence-electron chi connectivity index (χ2n) is 11.1. The van der Waals surface area contributed by atoms with Crippen LogP contribution < -0.4 is 9.47 Å². The van der Waals surface area contributed by atoms with Crippen LogP contribution in [-0.4, -0.2) is 75.6 Å². The lowest BCUT2D eigenvalue weighted by Gasteiger charge is -2.32. The fourth-order valence-electron chi connectivity index (χ4n) is 6.02. The van der Waals surface area contributed by atoms with E-state index in [0.29, 0.717) is 13.1 Å². The van der Waals surface area contributed by atoms with Gasteiger partial charge in [0.25, 0.3) is 5.91 Å². The third kappa shape index (κ3) is 5.39. The molecule has 5 aromatic rings. The number of amides is 1. The Kier molecular flexibility index (Phi) is 7.59. The van der Waals surface area contributed by atoms with Gasteiger partial charge in [-0.05, 0) is 46.8 Å². The molecule has 3 aromatic carbocycles. The number of likely N-dealkylation sites (N-methyl/N-ethyl adjacent to an activating group) is 1. The number of ether oxygens (including phenoxy) is 2. The lowest BCUT2D eigenvalue weighted by Crippen LogP contribution is -2.47. The minimum atomic E-state index is 0.111. The van der Waals surface area contributed by atoms with E-state index in [1.54, 1.807) is 11.8 Å². The number of benzene rings is 3. The molecule has 1 saturated heterocycles. The van der Waals surface area contributed by atoms with E-state index in [2.05, 4.69) is 87.7 Å². The van der Waals surface area contributed by atoms with Crippen molar-refractivity contribution in [3.8, 4) is 22.6 Å². The number of hydrogen-bond donors (Lipinski definition) is 0. The minimum Gasteiger partial charge on any atom is -0.454 e. The number of nitrogens with zero attached hydrogens (tertiary/aromatic N) is 5. The maximum absolute atomic E-state index is 14.4. The second-order valence-corrected chi connectivity index (χ2v) is 12.4. The maximum atomic E-state index is 14.4. The molecule has 2 aromatic heterocycles. The van der Waals surface area contributed by atoms with Crippen LogP contribution >= 0.6 is 11.8 Å². The van der Waals surface area contributed by atoms with Crippen molar-refractivity contribution in [1.82, 2.24) is 23.9 Å². The number of carbonyl (C=O) groups excluding carboxylic acids is 1. The van der Waals surface area contributed by atoms with Gasteiger partial charge in [-0.25, -0.2) is 4.98 Å². The third-order valence-corrected chi connectivity index (χ3v) is 9.32. The van der Waals surface area contributed by atoms with Crippen LogP contribution in [0.1, 0.15) is 28.5 Å². The summed E-state index contributed by atoms with van der Waals surface area (Å²) in [5.74, 6) is 2.53. The van der Waals surface area contributed by atoms with Gasteiger partial charge < -0.3 is 28.4 Å². The van der Waals surface area contributed by atoms with Crippen molar-refractivity contribution in [3.05, 3.63) is 96.2 Å². The molecule has 9 heteroatoms. The Morgan fingerprint density at radius 1 is 0.907 bits per heavy atom. The first-order valence-corrected chi connectivity index (χ1v) is 15.8. The van der Waals surface area contributed by atoms with Gasteiger partial charge in [-0.2, -0.15) is 0 Å². The molecule has 0 radical (unpaired) electrons. The smallest absolute Gasteiger partial charge is 0.257 e. The fourth-order valence-corrected chi connectivity index (χ4v) is 6.92. The molecule has 8 nitrogen and oxygen atoms in total. The Bertz CT molecular complexity index is 1780. The molecule has 1 fully saturated rings. The van der Waals surface area contributed by atoms with Crippen molar-refractivity contribution >= 4 is 28.4 Å². The molecule has 0 bridgehead atoms. The summed E-state index contributed by atoms with van der Waals surface area (Å²) in [5, 5.41) is 3.32. The zero-order valence-corrected chi connectivity index (χ0v) is 25.3. The summed E-state index contributed by atoms with van der Waals surface area (Å²) < 4.78 is 15.5. The van der Waals surface area contributed by atoms with Gasteiger partial charge in [0.05, 0.1) is 29.2 Å². The van der Waals surface area contributed by atoms with Crippen LogP contribution in [-0.2, 0) is 13.1 Å². The molecule has 0 aliphatic carbocycles. The average molecular weight is 594 g/mol. The predicted molar refractivity (Wildman–Crippen MR) is 170 cm³/mol. The number of piperazine rings is 1. The van der Waals surface area contributed by atoms with Crippen LogP contribution in [0.15, 0.2) is 84.4 Å². The molecule has 0 spiro atoms. The van der Waals surface area contributed by atoms with Crippen LogP contribution in [0.2, 0.25) is 0 Å². The van der Waals surface area contributed by atoms with Crippen LogP contribution in [0.3, 0.4) is 0 Å². The Balaban J connectivity index is 1.30. The van der Waals surface area contributed by atoms with Gasteiger partial charge in [0.1, 0.15) is 0 Å². The van der Waals surface area contributed by atoms with Gasteiger partial charge in [0.15, 0.2) is 11.5 Å². The average Bonchev–Trinajstić information content (AvgIpc) is 3.76. The number of fused-ring (bicyclic) bond motifs is 2. The normalized spacial score (nSPS) is 15.0. The molecule has 220 valence electrons. The molecule has 0 unspecified atom stereocenters. The Hall–Kier alpha value is -4.21. The highest BCUT2D eigenvalue weighted by Gasteiger charge is 2.29. The van der Waals surface area contributed by atoms with E-state index in [1.165, 1.54) is 0 Å². The summed E-state index contributed by atoms with van der Waals surface area (Å²) >= 11 is 1.73. The lowest BCUT2D eigenvalue weighted by molar-refractivity contribution is 0.0661. The molecule has 0 atom stereocenters. The zero-order chi connectivity index (χ0) is 29.3. The van der Waals surface area contributed by atoms with Crippen molar-refractivity contribution in [1.29, 1.82) is 0 Å². The van der Waals surface area contributed by atoms with Crippen LogP contribution in [0, 0.1) is 0 Å². The first kappa shape index (κ1) is 27.6. The molecule has 0 N–H and O–H groups in total. The molecule has 2 aliphatic rings. The van der Waals surface area contributed by atoms with Gasteiger partial charge >= 0.3 is 0 Å². The number of rotatable bonds is 8. The number of hydrogen-bond acceptors (Lipinski definition) is 6. The van der Waals surface area contributed by atoms with Crippen molar-refractivity contribution in [2.75, 3.05) is 45.8 Å². The number of aromatic nitrogens is 3. The molecule has 4 heterocycles. The quantitative estimate of drug-likeness (QED) is 0.211. The second kappa shape index (κ2) is 11.8. The van der Waals surface area contributed by atoms with Crippen molar-refractivity contribution < 1.29 is 14.3 Å². The highest BCUT2D eigenvalue weighted by molar-refractivity contribution is 7.99. The third-order valence-electron chi connectivity index (χ3n) is 8.31. The van der Waals surface area contributed by atoms with Gasteiger partial charge in [0, 0.05) is 50.7 Å². The summed E-state index contributed by atoms with van der Waals surface area (Å²) in [6, 6.07) is 20.8. The highest BCUT2D eigenvalue weighted by atomic mass is 32.2. The van der Waals surface area contributed by atoms with Gasteiger partial charge in [-0.15, -0.1) is 11.8 Å². The Labute approximate surface area is 255 Å². The van der Waals surface area contributed by atoms with E-state index in [-0.39, 0.29) is 12.7 Å². The highest BCUT2D eigenvalue weighted by Crippen LogP contribution is 2.39. The Morgan fingerprint density at radius 3 is 2.58 bits per heavy atom. The number of carbonyl (C=O) groups is 1. The van der Waals surface area contributed by atoms with E-state index in [1.807, 2.05) is 29.6 Å². The van der Waals surface area contributed by atoms with Gasteiger partial charge in [-0.3, -0.25) is 4.79 Å². The molecule has 7 rings (SSSR count). The van der Waals surface area contributed by atoms with E-state index in [9.17, 15) is 4.79 Å². The minimum absolute atomic E-state index is 0.111. The summed E-state index contributed by atoms with van der Waals surface area (Å²) in [7, 11) is 2.12. The van der Waals surface area contributed by atoms with E-state index in [0.717, 1.165) is 87.2 Å². The zero-order valence-electron chi connectivity index (χ0n) is 24.5. The predicted octanol–water partition coefficient (Wildman–Crippen LogP) is 5.83. The van der Waals surface area contributed by atoms with Crippen molar-refractivity contribution in [2.24, 2.45) is 0 Å². The standard InChI is InChI=1S/C34H35N5O3S/c1-3-43-34-32(33(40)37-15-13-36(2)14-16-37)29(28-10-6-8-25-7-4-5-9-27(25)28)21-38(34)20-26-18-35-22-39(26)19-24-11-12-30-31(17-24)42-23-41-30/h4-12,17-18,21-22H,3,13-16,19-20,23H2,1-2H3. The molecule has 43 heavy (non-hydrogen) atoms. The summed E-state index contributed by atoms with van der Waals surface area (Å²) in [5.41, 5.74) is 5.05. The molecule has 2 aliphatic heterocycles. The lowest BCUT2D eigenvalue weighted by atomic mass is 9.97. The van der Waals surface area contributed by atoms with Crippen LogP contribution in [0.4, 0.5) is 0 Å². The fraction of sp³-hybridized carbons (Fsp3) is 0.294. The largest absolute Gasteiger partial charge is 0.454 e. The number of thioether (sulfide) groups is 1. The van der Waals surface area contributed by atoms with Crippen molar-refractivity contribution in [2.45, 2.75) is 25.0 Å². The van der Waals surface area contributed by atoms with Gasteiger partial charge in [-0.1, -0.05) is 55.5 Å². The van der Waals surface area contributed by atoms with Crippen molar-refractivity contribution in [3.63, 3.8) is 0 Å². The van der Waals surface area contributed by atoms with Crippen LogP contribution in [0.5, 0.6) is 11.5 Å². The van der Waals surface area contributed by atoms with E-state index in [4.69, 9.17) is 9.47 Å². The molecular weight excluding hydrogens is 558 g/mol. The molecular formula is C34H35N5O3S. The topological polar surface area (TPSA) is 64.8 Å². The first-order valence-electron chi connectivity index (χ1n) is 14.8. The Morgan fingerprint density at radius 2 is 1.72 bits per heavy atom.